The summed E-state index contributed by atoms with van der Waals surface area (Å²) >= 11 is 0. The zero-order valence-corrected chi connectivity index (χ0v) is 12.1. The number of ether oxygens (including phenoxy) is 3. The van der Waals surface area contributed by atoms with Gasteiger partial charge in [-0.1, -0.05) is 30.3 Å². The number of benzene rings is 2. The minimum Gasteiger partial charge on any atom is -0.496 e. The Bertz CT molecular complexity index is 624. The fourth-order valence-electron chi connectivity index (χ4n) is 2.68. The maximum absolute atomic E-state index is 10.5. The lowest BCUT2D eigenvalue weighted by atomic mass is 9.94. The molecule has 1 heterocycles. The maximum atomic E-state index is 10.5. The summed E-state index contributed by atoms with van der Waals surface area (Å²) in [5.41, 5.74) is 1.73. The van der Waals surface area contributed by atoms with E-state index >= 15 is 0 Å². The first kappa shape index (κ1) is 13.8. The highest BCUT2D eigenvalue weighted by Gasteiger charge is 2.31. The van der Waals surface area contributed by atoms with Crippen LogP contribution in [0.15, 0.2) is 42.5 Å². The van der Waals surface area contributed by atoms with E-state index in [1.165, 1.54) is 0 Å². The molecule has 1 aliphatic heterocycles. The van der Waals surface area contributed by atoms with Gasteiger partial charge in [0, 0.05) is 18.6 Å². The van der Waals surface area contributed by atoms with Crippen LogP contribution in [0.3, 0.4) is 0 Å². The molecule has 0 aliphatic carbocycles. The predicted octanol–water partition coefficient (Wildman–Crippen LogP) is 3.26. The average Bonchev–Trinajstić information content (AvgIpc) is 2.54. The van der Waals surface area contributed by atoms with E-state index in [1.807, 2.05) is 30.3 Å². The van der Waals surface area contributed by atoms with Gasteiger partial charge in [-0.25, -0.2) is 0 Å². The van der Waals surface area contributed by atoms with E-state index in [0.717, 1.165) is 5.56 Å². The molecule has 0 saturated carbocycles. The van der Waals surface area contributed by atoms with E-state index in [9.17, 15) is 5.11 Å². The molecule has 4 nitrogen and oxygen atoms in total. The van der Waals surface area contributed by atoms with Crippen LogP contribution in [0.1, 0.15) is 29.8 Å². The molecule has 0 unspecified atom stereocenters. The molecule has 1 N–H and O–H groups in total. The minimum absolute atomic E-state index is 0.175. The van der Waals surface area contributed by atoms with E-state index in [2.05, 4.69) is 0 Å². The smallest absolute Gasteiger partial charge is 0.133 e. The molecule has 4 heteroatoms. The van der Waals surface area contributed by atoms with Gasteiger partial charge in [0.1, 0.15) is 23.4 Å². The Morgan fingerprint density at radius 1 is 1.10 bits per heavy atom. The molecule has 0 bridgehead atoms. The molecule has 1 aliphatic rings. The number of methoxy groups -OCH3 is 2. The highest BCUT2D eigenvalue weighted by Crippen LogP contribution is 2.47. The van der Waals surface area contributed by atoms with Gasteiger partial charge in [-0.3, -0.25) is 0 Å². The van der Waals surface area contributed by atoms with Crippen LogP contribution < -0.4 is 14.2 Å². The summed E-state index contributed by atoms with van der Waals surface area (Å²) in [7, 11) is 3.17. The Balaban J connectivity index is 2.01. The Morgan fingerprint density at radius 3 is 2.52 bits per heavy atom. The molecule has 0 fully saturated rings. The van der Waals surface area contributed by atoms with Crippen molar-refractivity contribution in [1.29, 1.82) is 0 Å². The Labute approximate surface area is 123 Å². The minimum atomic E-state index is -0.625. The predicted molar refractivity (Wildman–Crippen MR) is 78.9 cm³/mol. The molecule has 0 spiro atoms. The highest BCUT2D eigenvalue weighted by molar-refractivity contribution is 5.53. The number of aliphatic hydroxyl groups excluding tert-OH is 1. The lowest BCUT2D eigenvalue weighted by molar-refractivity contribution is 0.0630. The highest BCUT2D eigenvalue weighted by atomic mass is 16.5. The zero-order valence-electron chi connectivity index (χ0n) is 12.1. The Kier molecular flexibility index (Phi) is 3.71. The lowest BCUT2D eigenvalue weighted by Crippen LogP contribution is -2.19. The van der Waals surface area contributed by atoms with Gasteiger partial charge < -0.3 is 19.3 Å². The van der Waals surface area contributed by atoms with Crippen molar-refractivity contribution in [2.75, 3.05) is 14.2 Å². The first-order chi connectivity index (χ1) is 10.2. The van der Waals surface area contributed by atoms with E-state index in [0.29, 0.717) is 29.2 Å². The number of rotatable bonds is 3. The van der Waals surface area contributed by atoms with E-state index in [1.54, 1.807) is 26.4 Å². The molecule has 2 aromatic carbocycles. The van der Waals surface area contributed by atoms with Crippen molar-refractivity contribution in [3.05, 3.63) is 53.6 Å². The van der Waals surface area contributed by atoms with Crippen molar-refractivity contribution < 1.29 is 19.3 Å². The second-order valence-electron chi connectivity index (χ2n) is 5.01. The number of fused-ring (bicyclic) bond motifs is 1. The monoisotopic (exact) mass is 286 g/mol. The molecular weight excluding hydrogens is 268 g/mol. The van der Waals surface area contributed by atoms with Gasteiger partial charge in [0.25, 0.3) is 0 Å². The van der Waals surface area contributed by atoms with E-state index in [4.69, 9.17) is 14.2 Å². The van der Waals surface area contributed by atoms with Crippen molar-refractivity contribution in [3.8, 4) is 17.2 Å². The third-order valence-corrected chi connectivity index (χ3v) is 3.74. The van der Waals surface area contributed by atoms with E-state index < -0.39 is 6.10 Å². The van der Waals surface area contributed by atoms with Crippen molar-refractivity contribution in [2.24, 2.45) is 0 Å². The van der Waals surface area contributed by atoms with Crippen LogP contribution in [0, 0.1) is 0 Å². The number of hydrogen-bond acceptors (Lipinski definition) is 4. The molecule has 2 atom stereocenters. The third-order valence-electron chi connectivity index (χ3n) is 3.74. The molecule has 110 valence electrons. The molecule has 0 aromatic heterocycles. The van der Waals surface area contributed by atoms with Crippen molar-refractivity contribution in [1.82, 2.24) is 0 Å². The molecule has 21 heavy (non-hydrogen) atoms. The van der Waals surface area contributed by atoms with Crippen molar-refractivity contribution in [2.45, 2.75) is 18.6 Å². The molecule has 3 rings (SSSR count). The fourth-order valence-corrected chi connectivity index (χ4v) is 2.68. The van der Waals surface area contributed by atoms with E-state index in [-0.39, 0.29) is 6.10 Å². The van der Waals surface area contributed by atoms with Crippen LogP contribution in [0.25, 0.3) is 0 Å². The summed E-state index contributed by atoms with van der Waals surface area (Å²) < 4.78 is 16.7. The second-order valence-corrected chi connectivity index (χ2v) is 5.01. The van der Waals surface area contributed by atoms with Crippen LogP contribution >= 0.6 is 0 Å². The Morgan fingerprint density at radius 2 is 1.86 bits per heavy atom. The maximum Gasteiger partial charge on any atom is 0.133 e. The molecule has 0 radical (unpaired) electrons. The summed E-state index contributed by atoms with van der Waals surface area (Å²) in [6.45, 7) is 0. The standard InChI is InChI=1S/C17H18O4/c1-19-12-8-15(20-2)17-13(18)10-14(21-16(17)9-12)11-6-4-3-5-7-11/h3-9,13-14,18H,10H2,1-2H3/t13-,14-/m1/s1. The summed E-state index contributed by atoms with van der Waals surface area (Å²) in [6, 6.07) is 13.4. The summed E-state index contributed by atoms with van der Waals surface area (Å²) in [5, 5.41) is 10.5. The normalized spacial score (nSPS) is 20.3. The quantitative estimate of drug-likeness (QED) is 0.941. The van der Waals surface area contributed by atoms with Crippen LogP contribution in [0.4, 0.5) is 0 Å². The SMILES string of the molecule is COc1cc(OC)c2c(c1)O[C@@H](c1ccccc1)C[C@H]2O. The van der Waals surface area contributed by atoms with Gasteiger partial charge in [0.15, 0.2) is 0 Å². The van der Waals surface area contributed by atoms with Gasteiger partial charge in [0.2, 0.25) is 0 Å². The number of hydrogen-bond donors (Lipinski definition) is 1. The van der Waals surface area contributed by atoms with Crippen molar-refractivity contribution >= 4 is 0 Å². The number of aliphatic hydroxyl groups is 1. The molecule has 2 aromatic rings. The molecular formula is C17H18O4. The summed E-state index contributed by atoms with van der Waals surface area (Å²) in [5.74, 6) is 1.84. The summed E-state index contributed by atoms with van der Waals surface area (Å²) in [6.07, 6.45) is -0.301. The van der Waals surface area contributed by atoms with Crippen LogP contribution in [0.5, 0.6) is 17.2 Å². The van der Waals surface area contributed by atoms with Gasteiger partial charge in [-0.2, -0.15) is 0 Å². The second kappa shape index (κ2) is 5.66. The molecule has 0 amide bonds. The van der Waals surface area contributed by atoms with Crippen LogP contribution in [-0.2, 0) is 0 Å². The average molecular weight is 286 g/mol. The first-order valence-electron chi connectivity index (χ1n) is 6.88. The van der Waals surface area contributed by atoms with Gasteiger partial charge in [-0.15, -0.1) is 0 Å². The van der Waals surface area contributed by atoms with Gasteiger partial charge in [0.05, 0.1) is 25.9 Å². The fraction of sp³-hybridized carbons (Fsp3) is 0.294. The lowest BCUT2D eigenvalue weighted by Gasteiger charge is -2.31. The van der Waals surface area contributed by atoms with Crippen LogP contribution in [-0.4, -0.2) is 19.3 Å². The topological polar surface area (TPSA) is 47.9 Å². The van der Waals surface area contributed by atoms with Gasteiger partial charge >= 0.3 is 0 Å². The zero-order chi connectivity index (χ0) is 14.8. The molecule has 0 saturated heterocycles. The summed E-state index contributed by atoms with van der Waals surface area (Å²) in [4.78, 5) is 0. The van der Waals surface area contributed by atoms with Crippen molar-refractivity contribution in [3.63, 3.8) is 0 Å². The van der Waals surface area contributed by atoms with Gasteiger partial charge in [-0.05, 0) is 5.56 Å². The third kappa shape index (κ3) is 2.54. The first-order valence-corrected chi connectivity index (χ1v) is 6.88. The largest absolute Gasteiger partial charge is 0.496 e. The van der Waals surface area contributed by atoms with Crippen LogP contribution in [0.2, 0.25) is 0 Å². The Hall–Kier alpha value is -2.20.